The highest BCUT2D eigenvalue weighted by molar-refractivity contribution is 5.40. The topological polar surface area (TPSA) is 56.5 Å². The van der Waals surface area contributed by atoms with E-state index in [-0.39, 0.29) is 0 Å². The lowest BCUT2D eigenvalue weighted by atomic mass is 10.1. The molecule has 0 fully saturated rings. The van der Waals surface area contributed by atoms with E-state index < -0.39 is 0 Å². The molecule has 1 rings (SSSR count). The minimum Gasteiger partial charge on any atom is -0.497 e. The molecule has 0 saturated carbocycles. The van der Waals surface area contributed by atoms with Gasteiger partial charge >= 0.3 is 0 Å². The maximum Gasteiger partial charge on any atom is 0.123 e. The number of ether oxygens (including phenoxy) is 2. The molecule has 0 radical (unpaired) electrons. The van der Waals surface area contributed by atoms with Crippen LogP contribution in [0, 0.1) is 5.92 Å². The SMILES string of the molecule is COc1ccc(OC)c(CNCC(C)CCN)c1. The average molecular weight is 252 g/mol. The molecule has 4 nitrogen and oxygen atoms in total. The number of hydrogen-bond donors (Lipinski definition) is 2. The van der Waals surface area contributed by atoms with Crippen molar-refractivity contribution in [1.82, 2.24) is 5.32 Å². The standard InChI is InChI=1S/C14H24N2O2/c1-11(6-7-15)9-16-10-12-8-13(17-2)4-5-14(12)18-3/h4-5,8,11,16H,6-7,9-10,15H2,1-3H3. The summed E-state index contributed by atoms with van der Waals surface area (Å²) >= 11 is 0. The normalized spacial score (nSPS) is 12.2. The van der Waals surface area contributed by atoms with E-state index in [1.807, 2.05) is 18.2 Å². The fourth-order valence-corrected chi connectivity index (χ4v) is 1.86. The molecule has 1 atom stereocenters. The van der Waals surface area contributed by atoms with Crippen molar-refractivity contribution < 1.29 is 9.47 Å². The molecule has 102 valence electrons. The van der Waals surface area contributed by atoms with Gasteiger partial charge in [0.25, 0.3) is 0 Å². The molecule has 0 aliphatic heterocycles. The van der Waals surface area contributed by atoms with Gasteiger partial charge in [-0.25, -0.2) is 0 Å². The van der Waals surface area contributed by atoms with Gasteiger partial charge in [-0.05, 0) is 43.6 Å². The summed E-state index contributed by atoms with van der Waals surface area (Å²) in [5.41, 5.74) is 6.64. The van der Waals surface area contributed by atoms with E-state index in [1.54, 1.807) is 14.2 Å². The summed E-state index contributed by atoms with van der Waals surface area (Å²) in [7, 11) is 3.35. The van der Waals surface area contributed by atoms with E-state index in [2.05, 4.69) is 12.2 Å². The van der Waals surface area contributed by atoms with E-state index in [4.69, 9.17) is 15.2 Å². The summed E-state index contributed by atoms with van der Waals surface area (Å²) in [6.45, 7) is 4.67. The van der Waals surface area contributed by atoms with Gasteiger partial charge in [-0.3, -0.25) is 0 Å². The molecule has 0 saturated heterocycles. The van der Waals surface area contributed by atoms with Crippen molar-refractivity contribution in [2.75, 3.05) is 27.3 Å². The Hall–Kier alpha value is -1.26. The number of benzene rings is 1. The van der Waals surface area contributed by atoms with E-state index >= 15 is 0 Å². The van der Waals surface area contributed by atoms with Crippen molar-refractivity contribution in [2.45, 2.75) is 19.9 Å². The molecule has 1 aromatic rings. The first-order chi connectivity index (χ1) is 8.71. The summed E-state index contributed by atoms with van der Waals surface area (Å²) in [5, 5.41) is 3.42. The Bertz CT molecular complexity index is 356. The molecule has 0 aromatic heterocycles. The smallest absolute Gasteiger partial charge is 0.123 e. The maximum absolute atomic E-state index is 5.53. The van der Waals surface area contributed by atoms with Crippen molar-refractivity contribution in [3.63, 3.8) is 0 Å². The Morgan fingerprint density at radius 2 is 2.06 bits per heavy atom. The second-order valence-corrected chi connectivity index (χ2v) is 4.49. The van der Waals surface area contributed by atoms with Crippen molar-refractivity contribution in [1.29, 1.82) is 0 Å². The van der Waals surface area contributed by atoms with Crippen LogP contribution in [0.25, 0.3) is 0 Å². The summed E-state index contributed by atoms with van der Waals surface area (Å²) < 4.78 is 10.6. The number of nitrogens with two attached hydrogens (primary N) is 1. The zero-order valence-corrected chi connectivity index (χ0v) is 11.5. The van der Waals surface area contributed by atoms with Crippen molar-refractivity contribution in [2.24, 2.45) is 11.7 Å². The van der Waals surface area contributed by atoms with Crippen molar-refractivity contribution in [3.8, 4) is 11.5 Å². The highest BCUT2D eigenvalue weighted by Crippen LogP contribution is 2.23. The van der Waals surface area contributed by atoms with Gasteiger partial charge in [0, 0.05) is 12.1 Å². The fraction of sp³-hybridized carbons (Fsp3) is 0.571. The van der Waals surface area contributed by atoms with Crippen LogP contribution >= 0.6 is 0 Å². The van der Waals surface area contributed by atoms with Crippen LogP contribution in [-0.4, -0.2) is 27.3 Å². The number of hydrogen-bond acceptors (Lipinski definition) is 4. The lowest BCUT2D eigenvalue weighted by Crippen LogP contribution is -2.22. The number of nitrogens with one attached hydrogen (secondary N) is 1. The van der Waals surface area contributed by atoms with Gasteiger partial charge in [0.05, 0.1) is 14.2 Å². The largest absolute Gasteiger partial charge is 0.497 e. The fourth-order valence-electron chi connectivity index (χ4n) is 1.86. The molecule has 0 heterocycles. The monoisotopic (exact) mass is 252 g/mol. The molecule has 1 aromatic carbocycles. The molecule has 1 unspecified atom stereocenters. The van der Waals surface area contributed by atoms with Gasteiger partial charge in [0.15, 0.2) is 0 Å². The zero-order chi connectivity index (χ0) is 13.4. The molecule has 0 bridgehead atoms. The van der Waals surface area contributed by atoms with Crippen LogP contribution in [-0.2, 0) is 6.54 Å². The highest BCUT2D eigenvalue weighted by Gasteiger charge is 2.06. The van der Waals surface area contributed by atoms with Gasteiger partial charge in [-0.15, -0.1) is 0 Å². The van der Waals surface area contributed by atoms with Gasteiger partial charge < -0.3 is 20.5 Å². The number of rotatable bonds is 8. The van der Waals surface area contributed by atoms with E-state index in [1.165, 1.54) is 0 Å². The molecule has 0 aliphatic rings. The minimum absolute atomic E-state index is 0.589. The van der Waals surface area contributed by atoms with E-state index in [9.17, 15) is 0 Å². The van der Waals surface area contributed by atoms with Crippen LogP contribution in [0.1, 0.15) is 18.9 Å². The molecule has 0 amide bonds. The minimum atomic E-state index is 0.589. The van der Waals surface area contributed by atoms with Crippen molar-refractivity contribution >= 4 is 0 Å². The molecule has 0 spiro atoms. The van der Waals surface area contributed by atoms with Crippen LogP contribution in [0.15, 0.2) is 18.2 Å². The first-order valence-corrected chi connectivity index (χ1v) is 6.33. The second-order valence-electron chi connectivity index (χ2n) is 4.49. The highest BCUT2D eigenvalue weighted by atomic mass is 16.5. The molecular formula is C14H24N2O2. The molecule has 4 heteroatoms. The Kier molecular flexibility index (Phi) is 6.54. The summed E-state index contributed by atoms with van der Waals surface area (Å²) in [6.07, 6.45) is 1.04. The first-order valence-electron chi connectivity index (χ1n) is 6.33. The Morgan fingerprint density at radius 3 is 2.67 bits per heavy atom. The molecule has 3 N–H and O–H groups in total. The first kappa shape index (κ1) is 14.8. The third-order valence-electron chi connectivity index (χ3n) is 2.96. The predicted octanol–water partition coefficient (Wildman–Crippen LogP) is 1.78. The lowest BCUT2D eigenvalue weighted by molar-refractivity contribution is 0.395. The quantitative estimate of drug-likeness (QED) is 0.740. The van der Waals surface area contributed by atoms with Gasteiger partial charge in [0.2, 0.25) is 0 Å². The summed E-state index contributed by atoms with van der Waals surface area (Å²) in [4.78, 5) is 0. The lowest BCUT2D eigenvalue weighted by Gasteiger charge is -2.14. The van der Waals surface area contributed by atoms with Crippen LogP contribution in [0.2, 0.25) is 0 Å². The number of methoxy groups -OCH3 is 2. The third-order valence-corrected chi connectivity index (χ3v) is 2.96. The van der Waals surface area contributed by atoms with Gasteiger partial charge in [0.1, 0.15) is 11.5 Å². The van der Waals surface area contributed by atoms with Gasteiger partial charge in [-0.1, -0.05) is 6.92 Å². The zero-order valence-electron chi connectivity index (χ0n) is 11.5. The Labute approximate surface area is 109 Å². The van der Waals surface area contributed by atoms with E-state index in [0.717, 1.165) is 43.1 Å². The summed E-state index contributed by atoms with van der Waals surface area (Å²) in [6, 6.07) is 5.83. The second kappa shape index (κ2) is 7.95. The van der Waals surface area contributed by atoms with Crippen LogP contribution in [0.3, 0.4) is 0 Å². The van der Waals surface area contributed by atoms with E-state index in [0.29, 0.717) is 5.92 Å². The third kappa shape index (κ3) is 4.55. The van der Waals surface area contributed by atoms with Crippen LogP contribution in [0.4, 0.5) is 0 Å². The molecule has 18 heavy (non-hydrogen) atoms. The van der Waals surface area contributed by atoms with Gasteiger partial charge in [-0.2, -0.15) is 0 Å². The average Bonchev–Trinajstić information content (AvgIpc) is 2.39. The maximum atomic E-state index is 5.53. The summed E-state index contributed by atoms with van der Waals surface area (Å²) in [5.74, 6) is 2.32. The van der Waals surface area contributed by atoms with Crippen LogP contribution in [0.5, 0.6) is 11.5 Å². The molecular weight excluding hydrogens is 228 g/mol. The molecule has 0 aliphatic carbocycles. The predicted molar refractivity (Wildman–Crippen MR) is 74.1 cm³/mol. The Morgan fingerprint density at radius 1 is 1.28 bits per heavy atom. The van der Waals surface area contributed by atoms with Crippen molar-refractivity contribution in [3.05, 3.63) is 23.8 Å². The van der Waals surface area contributed by atoms with Crippen LogP contribution < -0.4 is 20.5 Å². The Balaban J connectivity index is 2.54.